The van der Waals surface area contributed by atoms with Gasteiger partial charge in [0, 0.05) is 34.4 Å². The van der Waals surface area contributed by atoms with E-state index in [1.807, 2.05) is 0 Å². The molecule has 1 heterocycles. The molecule has 0 fully saturated rings. The van der Waals surface area contributed by atoms with Crippen LogP contribution in [0.4, 0.5) is 10.2 Å². The van der Waals surface area contributed by atoms with Crippen LogP contribution in [0.5, 0.6) is 5.75 Å². The number of rotatable bonds is 6. The Morgan fingerprint density at radius 2 is 2.03 bits per heavy atom. The van der Waals surface area contributed by atoms with Gasteiger partial charge in [0.05, 0.1) is 17.7 Å². The Labute approximate surface area is 188 Å². The summed E-state index contributed by atoms with van der Waals surface area (Å²) >= 11 is 12.4. The molecule has 0 aliphatic heterocycles. The molecular weight excluding hydrogens is 446 g/mol. The number of aromatic carboxylic acids is 1. The summed E-state index contributed by atoms with van der Waals surface area (Å²) in [6, 6.07) is 5.91. The average molecular weight is 465 g/mol. The van der Waals surface area contributed by atoms with Crippen molar-refractivity contribution >= 4 is 40.9 Å². The molecule has 1 N–H and O–H groups in total. The Morgan fingerprint density at radius 1 is 1.29 bits per heavy atom. The molecule has 0 spiro atoms. The molecule has 1 aromatic carbocycles. The van der Waals surface area contributed by atoms with E-state index in [0.717, 1.165) is 0 Å². The number of benzene rings is 1. The smallest absolute Gasteiger partial charge is 0.335 e. The number of aromatic nitrogens is 1. The monoisotopic (exact) mass is 464 g/mol. The molecule has 1 aromatic heterocycles. The molecule has 0 radical (unpaired) electrons. The second-order valence-corrected chi connectivity index (χ2v) is 7.58. The van der Waals surface area contributed by atoms with Crippen molar-refractivity contribution in [2.75, 3.05) is 18.6 Å². The number of amides is 1. The molecule has 2 aromatic rings. The number of carboxylic acid groups (broad SMARTS) is 1. The first-order valence-electron chi connectivity index (χ1n) is 9.43. The van der Waals surface area contributed by atoms with E-state index >= 15 is 0 Å². The molecule has 0 bridgehead atoms. The Hall–Kier alpha value is -2.90. The average Bonchev–Trinajstić information content (AvgIpc) is 2.73. The third-order valence-electron chi connectivity index (χ3n) is 4.69. The number of hydrogen-bond acceptors (Lipinski definition) is 4. The van der Waals surface area contributed by atoms with Gasteiger partial charge in [-0.1, -0.05) is 23.2 Å². The maximum atomic E-state index is 14.3. The first kappa shape index (κ1) is 22.8. The zero-order valence-electron chi connectivity index (χ0n) is 16.8. The number of allylic oxidation sites excluding steroid dienone is 2. The lowest BCUT2D eigenvalue weighted by Crippen LogP contribution is -2.30. The Morgan fingerprint density at radius 3 is 2.68 bits per heavy atom. The highest BCUT2D eigenvalue weighted by atomic mass is 35.5. The Kier molecular flexibility index (Phi) is 6.97. The van der Waals surface area contributed by atoms with Crippen molar-refractivity contribution in [1.29, 1.82) is 0 Å². The van der Waals surface area contributed by atoms with E-state index in [0.29, 0.717) is 29.0 Å². The lowest BCUT2D eigenvalue weighted by Gasteiger charge is -2.22. The number of hydrogen-bond donors (Lipinski definition) is 1. The number of pyridine rings is 1. The highest BCUT2D eigenvalue weighted by molar-refractivity contribution is 6.34. The fraction of sp³-hybridized carbons (Fsp3) is 0.227. The summed E-state index contributed by atoms with van der Waals surface area (Å²) in [6.07, 6.45) is 3.58. The van der Waals surface area contributed by atoms with Crippen LogP contribution >= 0.6 is 23.2 Å². The van der Waals surface area contributed by atoms with Gasteiger partial charge in [0.15, 0.2) is 11.6 Å². The summed E-state index contributed by atoms with van der Waals surface area (Å²) in [5.74, 6) is -1.99. The van der Waals surface area contributed by atoms with Crippen LogP contribution in [0.25, 0.3) is 11.1 Å². The van der Waals surface area contributed by atoms with Crippen LogP contribution in [0.15, 0.2) is 53.0 Å². The minimum Gasteiger partial charge on any atom is -0.490 e. The number of carbonyl (C=O) groups excluding carboxylic acids is 1. The molecule has 3 rings (SSSR count). The van der Waals surface area contributed by atoms with Gasteiger partial charge in [-0.15, -0.1) is 0 Å². The van der Waals surface area contributed by atoms with Crippen molar-refractivity contribution in [3.8, 4) is 16.9 Å². The number of nitrogens with zero attached hydrogens (tertiary/aromatic N) is 2. The Balaban J connectivity index is 2.04. The first-order chi connectivity index (χ1) is 14.7. The number of likely N-dealkylation sites (N-methyl/N-ethyl adjacent to an activating group) is 1. The normalized spacial score (nSPS) is 13.6. The van der Waals surface area contributed by atoms with Gasteiger partial charge in [-0.3, -0.25) is 9.69 Å². The summed E-state index contributed by atoms with van der Waals surface area (Å²) in [4.78, 5) is 29.7. The largest absolute Gasteiger partial charge is 0.490 e. The topological polar surface area (TPSA) is 79.7 Å². The number of ether oxygens (including phenoxy) is 1. The summed E-state index contributed by atoms with van der Waals surface area (Å²) in [5, 5.41) is 9.74. The van der Waals surface area contributed by atoms with Crippen molar-refractivity contribution in [1.82, 2.24) is 4.98 Å². The van der Waals surface area contributed by atoms with E-state index < -0.39 is 17.7 Å². The molecule has 9 heteroatoms. The van der Waals surface area contributed by atoms with Gasteiger partial charge in [0.2, 0.25) is 0 Å². The SMILES string of the molecule is CCOc1cc(-c2cc(C(=O)O)ccc2Cl)cnc1N(C)C(=O)C1=C(Cl)CCC=C1F. The van der Waals surface area contributed by atoms with Crippen molar-refractivity contribution in [3.63, 3.8) is 0 Å². The molecule has 1 aliphatic rings. The molecular formula is C22H19Cl2FN2O4. The van der Waals surface area contributed by atoms with E-state index in [9.17, 15) is 19.1 Å². The molecule has 0 saturated carbocycles. The molecule has 1 amide bonds. The van der Waals surface area contributed by atoms with Crippen LogP contribution in [0.2, 0.25) is 5.02 Å². The van der Waals surface area contributed by atoms with E-state index in [2.05, 4.69) is 4.98 Å². The summed E-state index contributed by atoms with van der Waals surface area (Å²) < 4.78 is 19.9. The maximum Gasteiger partial charge on any atom is 0.335 e. The molecule has 1 aliphatic carbocycles. The van der Waals surface area contributed by atoms with E-state index in [1.165, 1.54) is 42.4 Å². The zero-order valence-corrected chi connectivity index (χ0v) is 18.3. The van der Waals surface area contributed by atoms with Crippen molar-refractivity contribution in [3.05, 3.63) is 63.6 Å². The van der Waals surface area contributed by atoms with Crippen LogP contribution < -0.4 is 9.64 Å². The van der Waals surface area contributed by atoms with Crippen LogP contribution in [-0.4, -0.2) is 35.6 Å². The molecule has 6 nitrogen and oxygen atoms in total. The van der Waals surface area contributed by atoms with Crippen LogP contribution in [-0.2, 0) is 4.79 Å². The van der Waals surface area contributed by atoms with E-state index in [1.54, 1.807) is 13.0 Å². The highest BCUT2D eigenvalue weighted by Crippen LogP contribution is 2.36. The first-order valence-corrected chi connectivity index (χ1v) is 10.2. The van der Waals surface area contributed by atoms with Crippen molar-refractivity contribution in [2.45, 2.75) is 19.8 Å². The van der Waals surface area contributed by atoms with Crippen LogP contribution in [0.1, 0.15) is 30.1 Å². The fourth-order valence-corrected chi connectivity index (χ4v) is 3.65. The predicted molar refractivity (Wildman–Crippen MR) is 118 cm³/mol. The van der Waals surface area contributed by atoms with Gasteiger partial charge in [-0.2, -0.15) is 0 Å². The third kappa shape index (κ3) is 4.73. The van der Waals surface area contributed by atoms with Gasteiger partial charge >= 0.3 is 5.97 Å². The van der Waals surface area contributed by atoms with Crippen LogP contribution in [0.3, 0.4) is 0 Å². The van der Waals surface area contributed by atoms with Gasteiger partial charge in [0.1, 0.15) is 5.83 Å². The summed E-state index contributed by atoms with van der Waals surface area (Å²) in [5.41, 5.74) is 0.820. The van der Waals surface area contributed by atoms with E-state index in [-0.39, 0.29) is 34.3 Å². The lowest BCUT2D eigenvalue weighted by atomic mass is 10.0. The van der Waals surface area contributed by atoms with E-state index in [4.69, 9.17) is 27.9 Å². The minimum atomic E-state index is -1.09. The highest BCUT2D eigenvalue weighted by Gasteiger charge is 2.28. The van der Waals surface area contributed by atoms with Gasteiger partial charge in [-0.05, 0) is 50.1 Å². The standard InChI is InChI=1S/C22H19Cl2FN2O4/c1-3-31-18-10-13(14-9-12(22(29)30)7-8-15(14)23)11-26-20(18)27(2)21(28)19-16(24)5-4-6-17(19)25/h6-11H,3-5H2,1-2H3,(H,29,30). The van der Waals surface area contributed by atoms with Gasteiger partial charge < -0.3 is 9.84 Å². The third-order valence-corrected chi connectivity index (χ3v) is 5.40. The van der Waals surface area contributed by atoms with Crippen molar-refractivity contribution < 1.29 is 23.8 Å². The van der Waals surface area contributed by atoms with Crippen molar-refractivity contribution in [2.24, 2.45) is 0 Å². The minimum absolute atomic E-state index is 0.0647. The maximum absolute atomic E-state index is 14.3. The second kappa shape index (κ2) is 9.49. The second-order valence-electron chi connectivity index (χ2n) is 6.71. The molecule has 0 atom stereocenters. The fourth-order valence-electron chi connectivity index (χ4n) is 3.14. The molecule has 31 heavy (non-hydrogen) atoms. The summed E-state index contributed by atoms with van der Waals surface area (Å²) in [7, 11) is 1.45. The number of carbonyl (C=O) groups is 2. The van der Waals surface area contributed by atoms with Gasteiger partial charge in [0.25, 0.3) is 5.91 Å². The quantitative estimate of drug-likeness (QED) is 0.601. The lowest BCUT2D eigenvalue weighted by molar-refractivity contribution is -0.114. The molecule has 162 valence electrons. The zero-order chi connectivity index (χ0) is 22.7. The molecule has 0 saturated heterocycles. The van der Waals surface area contributed by atoms with Crippen LogP contribution in [0, 0.1) is 0 Å². The number of halogens is 3. The molecule has 0 unspecified atom stereocenters. The Bertz CT molecular complexity index is 1110. The predicted octanol–water partition coefficient (Wildman–Crippen LogP) is 5.60. The van der Waals surface area contributed by atoms with Gasteiger partial charge in [-0.25, -0.2) is 14.2 Å². The number of anilines is 1. The summed E-state index contributed by atoms with van der Waals surface area (Å²) in [6.45, 7) is 2.04. The number of carboxylic acids is 1.